The third kappa shape index (κ3) is 4.38. The Hall–Kier alpha value is -3.48. The minimum atomic E-state index is -0.540. The van der Waals surface area contributed by atoms with E-state index in [0.29, 0.717) is 22.6 Å². The molecule has 2 rings (SSSR count). The fraction of sp³-hybridized carbons (Fsp3) is 0.200. The fourth-order valence-electron chi connectivity index (χ4n) is 2.21. The molecular formula is C20H23N3O4. The molecule has 0 fully saturated rings. The van der Waals surface area contributed by atoms with Gasteiger partial charge in [0.15, 0.2) is 5.75 Å². The highest BCUT2D eigenvalue weighted by Crippen LogP contribution is 2.39. The van der Waals surface area contributed by atoms with E-state index >= 15 is 0 Å². The molecule has 0 saturated heterocycles. The highest BCUT2D eigenvalue weighted by Gasteiger charge is 2.17. The van der Waals surface area contributed by atoms with Crippen molar-refractivity contribution in [1.29, 1.82) is 0 Å². The van der Waals surface area contributed by atoms with Crippen molar-refractivity contribution in [3.63, 3.8) is 0 Å². The van der Waals surface area contributed by atoms with E-state index < -0.39 is 11.9 Å². The summed E-state index contributed by atoms with van der Waals surface area (Å²) in [5, 5.41) is 0. The molecule has 0 spiro atoms. The molecule has 7 heteroatoms. The number of carbonyl (C=O) groups excluding carboxylic acids is 2. The Morgan fingerprint density at radius 3 is 2.15 bits per heavy atom. The standard InChI is InChI=1S/C20H23N3O4/c1-10(2)19(24)26-12-5-6-13(15(21)9-12)14-7-8-16(18(23)17(14)22)27-20(25)11(3)4/h5-9,11H,1,21-23H2,2-4H3. The van der Waals surface area contributed by atoms with Gasteiger partial charge in [-0.3, -0.25) is 4.79 Å². The Balaban J connectivity index is 2.35. The smallest absolute Gasteiger partial charge is 0.338 e. The van der Waals surface area contributed by atoms with Crippen LogP contribution in [0, 0.1) is 5.92 Å². The van der Waals surface area contributed by atoms with Crippen LogP contribution in [0.1, 0.15) is 20.8 Å². The van der Waals surface area contributed by atoms with Gasteiger partial charge in [-0.05, 0) is 31.2 Å². The van der Waals surface area contributed by atoms with Crippen molar-refractivity contribution < 1.29 is 19.1 Å². The third-order valence-corrected chi connectivity index (χ3v) is 3.80. The third-order valence-electron chi connectivity index (χ3n) is 3.80. The van der Waals surface area contributed by atoms with Crippen molar-refractivity contribution in [3.8, 4) is 22.6 Å². The van der Waals surface area contributed by atoms with Crippen molar-refractivity contribution in [1.82, 2.24) is 0 Å². The van der Waals surface area contributed by atoms with E-state index in [1.54, 1.807) is 45.0 Å². The Morgan fingerprint density at radius 2 is 1.59 bits per heavy atom. The maximum absolute atomic E-state index is 11.8. The van der Waals surface area contributed by atoms with E-state index in [-0.39, 0.29) is 28.6 Å². The fourth-order valence-corrected chi connectivity index (χ4v) is 2.21. The number of hydrogen-bond donors (Lipinski definition) is 3. The maximum atomic E-state index is 11.8. The summed E-state index contributed by atoms with van der Waals surface area (Å²) in [5.74, 6) is -0.756. The first-order chi connectivity index (χ1) is 12.6. The number of hydrogen-bond acceptors (Lipinski definition) is 7. The van der Waals surface area contributed by atoms with Crippen molar-refractivity contribution in [2.24, 2.45) is 5.92 Å². The Bertz CT molecular complexity index is 920. The molecule has 2 aromatic rings. The van der Waals surface area contributed by atoms with Crippen LogP contribution < -0.4 is 26.7 Å². The minimum absolute atomic E-state index is 0.152. The van der Waals surface area contributed by atoms with Gasteiger partial charge >= 0.3 is 11.9 Å². The molecule has 6 N–H and O–H groups in total. The quantitative estimate of drug-likeness (QED) is 0.319. The van der Waals surface area contributed by atoms with Crippen LogP contribution in [0.2, 0.25) is 0 Å². The van der Waals surface area contributed by atoms with Crippen LogP contribution in [0.5, 0.6) is 11.5 Å². The van der Waals surface area contributed by atoms with Gasteiger partial charge in [-0.1, -0.05) is 20.4 Å². The van der Waals surface area contributed by atoms with Crippen molar-refractivity contribution >= 4 is 29.0 Å². The lowest BCUT2D eigenvalue weighted by molar-refractivity contribution is -0.137. The second-order valence-corrected chi connectivity index (χ2v) is 6.43. The molecule has 0 amide bonds. The van der Waals surface area contributed by atoms with Crippen LogP contribution >= 0.6 is 0 Å². The molecule has 0 bridgehead atoms. The van der Waals surface area contributed by atoms with Gasteiger partial charge in [0.05, 0.1) is 17.3 Å². The van der Waals surface area contributed by atoms with Gasteiger partial charge in [0.1, 0.15) is 5.75 Å². The summed E-state index contributed by atoms with van der Waals surface area (Å²) in [5.41, 5.74) is 20.4. The molecule has 27 heavy (non-hydrogen) atoms. The molecule has 0 saturated carbocycles. The number of nitrogens with two attached hydrogens (primary N) is 3. The summed E-state index contributed by atoms with van der Waals surface area (Å²) in [4.78, 5) is 23.4. The second kappa shape index (κ2) is 7.82. The molecular weight excluding hydrogens is 346 g/mol. The first kappa shape index (κ1) is 19.8. The van der Waals surface area contributed by atoms with Crippen LogP contribution in [-0.2, 0) is 9.59 Å². The molecule has 0 atom stereocenters. The molecule has 142 valence electrons. The van der Waals surface area contributed by atoms with E-state index in [1.807, 2.05) is 0 Å². The summed E-state index contributed by atoms with van der Waals surface area (Å²) in [7, 11) is 0. The summed E-state index contributed by atoms with van der Waals surface area (Å²) in [6, 6.07) is 8.00. The SMILES string of the molecule is C=C(C)C(=O)Oc1ccc(-c2ccc(OC(=O)C(C)C)c(N)c2N)c(N)c1. The monoisotopic (exact) mass is 369 g/mol. The van der Waals surface area contributed by atoms with E-state index in [2.05, 4.69) is 6.58 Å². The number of benzene rings is 2. The molecule has 0 heterocycles. The van der Waals surface area contributed by atoms with Gasteiger partial charge in [-0.2, -0.15) is 0 Å². The molecule has 0 aliphatic rings. The lowest BCUT2D eigenvalue weighted by atomic mass is 10.0. The topological polar surface area (TPSA) is 131 Å². The normalized spacial score (nSPS) is 10.5. The largest absolute Gasteiger partial charge is 0.424 e. The van der Waals surface area contributed by atoms with Gasteiger partial charge in [0.2, 0.25) is 0 Å². The lowest BCUT2D eigenvalue weighted by Gasteiger charge is -2.15. The summed E-state index contributed by atoms with van der Waals surface area (Å²) >= 11 is 0. The minimum Gasteiger partial charge on any atom is -0.424 e. The van der Waals surface area contributed by atoms with Gasteiger partial charge in [-0.25, -0.2) is 4.79 Å². The number of esters is 2. The summed E-state index contributed by atoms with van der Waals surface area (Å²) in [6.45, 7) is 8.52. The van der Waals surface area contributed by atoms with Gasteiger partial charge in [-0.15, -0.1) is 0 Å². The van der Waals surface area contributed by atoms with E-state index in [4.69, 9.17) is 26.7 Å². The van der Waals surface area contributed by atoms with Crippen molar-refractivity contribution in [2.45, 2.75) is 20.8 Å². The van der Waals surface area contributed by atoms with Gasteiger partial charge in [0.25, 0.3) is 0 Å². The predicted octanol–water partition coefficient (Wildman–Crippen LogP) is 3.14. The molecule has 0 aromatic heterocycles. The zero-order valence-corrected chi connectivity index (χ0v) is 15.5. The van der Waals surface area contributed by atoms with Gasteiger partial charge in [0, 0.05) is 28.5 Å². The van der Waals surface area contributed by atoms with Crippen LogP contribution in [0.25, 0.3) is 11.1 Å². The number of anilines is 3. The molecule has 0 radical (unpaired) electrons. The molecule has 0 unspecified atom stereocenters. The van der Waals surface area contributed by atoms with E-state index in [0.717, 1.165) is 0 Å². The van der Waals surface area contributed by atoms with Crippen LogP contribution in [0.4, 0.5) is 17.1 Å². The molecule has 2 aromatic carbocycles. The average Bonchev–Trinajstić information content (AvgIpc) is 2.59. The van der Waals surface area contributed by atoms with Crippen LogP contribution in [0.15, 0.2) is 42.5 Å². The maximum Gasteiger partial charge on any atom is 0.338 e. The average molecular weight is 369 g/mol. The second-order valence-electron chi connectivity index (χ2n) is 6.43. The zero-order valence-electron chi connectivity index (χ0n) is 15.5. The first-order valence-corrected chi connectivity index (χ1v) is 8.29. The zero-order chi connectivity index (χ0) is 20.3. The van der Waals surface area contributed by atoms with Crippen molar-refractivity contribution in [3.05, 3.63) is 42.5 Å². The Morgan fingerprint density at radius 1 is 0.963 bits per heavy atom. The molecule has 0 aliphatic carbocycles. The lowest BCUT2D eigenvalue weighted by Crippen LogP contribution is -2.16. The highest BCUT2D eigenvalue weighted by molar-refractivity contribution is 5.93. The molecule has 0 aliphatic heterocycles. The highest BCUT2D eigenvalue weighted by atomic mass is 16.5. The Labute approximate surface area is 157 Å². The predicted molar refractivity (Wildman–Crippen MR) is 106 cm³/mol. The van der Waals surface area contributed by atoms with Crippen LogP contribution in [0.3, 0.4) is 0 Å². The Kier molecular flexibility index (Phi) is 5.75. The first-order valence-electron chi connectivity index (χ1n) is 8.29. The number of carbonyl (C=O) groups is 2. The summed E-state index contributed by atoms with van der Waals surface area (Å²) < 4.78 is 10.4. The van der Waals surface area contributed by atoms with Crippen molar-refractivity contribution in [2.75, 3.05) is 17.2 Å². The van der Waals surface area contributed by atoms with E-state index in [1.165, 1.54) is 6.07 Å². The van der Waals surface area contributed by atoms with Gasteiger partial charge < -0.3 is 26.7 Å². The molecule has 7 nitrogen and oxygen atoms in total. The van der Waals surface area contributed by atoms with E-state index in [9.17, 15) is 9.59 Å². The van der Waals surface area contributed by atoms with Crippen LogP contribution in [-0.4, -0.2) is 11.9 Å². The number of ether oxygens (including phenoxy) is 2. The number of rotatable bonds is 5. The number of nitrogen functional groups attached to an aromatic ring is 3. The summed E-state index contributed by atoms with van der Waals surface area (Å²) in [6.07, 6.45) is 0.